The fourth-order valence-corrected chi connectivity index (χ4v) is 0.955. The molecule has 0 bridgehead atoms. The van der Waals surface area contributed by atoms with Crippen molar-refractivity contribution < 1.29 is 23.9 Å². The van der Waals surface area contributed by atoms with E-state index in [9.17, 15) is 9.59 Å². The first-order valence-corrected chi connectivity index (χ1v) is 5.81. The van der Waals surface area contributed by atoms with Gasteiger partial charge in [0.25, 0.3) is 0 Å². The maximum atomic E-state index is 11.6. The number of carbonyl (C=O) groups is 2. The van der Waals surface area contributed by atoms with Gasteiger partial charge in [0.05, 0.1) is 0 Å². The highest BCUT2D eigenvalue weighted by molar-refractivity contribution is 6.39. The summed E-state index contributed by atoms with van der Waals surface area (Å²) in [6.45, 7) is 10.2. The second kappa shape index (κ2) is 6.29. The number of carbonyl (C=O) groups excluding carboxylic acids is 2. The minimum absolute atomic E-state index is 0.374. The molecule has 0 atom stereocenters. The minimum Gasteiger partial charge on any atom is -0.457 e. The summed E-state index contributed by atoms with van der Waals surface area (Å²) in [5.74, 6) is -1.47. The zero-order valence-corrected chi connectivity index (χ0v) is 12.2. The fraction of sp³-hybridized carbons (Fsp3) is 0.615. The number of hydrogen-bond acceptors (Lipinski definition) is 4. The van der Waals surface area contributed by atoms with Gasteiger partial charge in [-0.1, -0.05) is 0 Å². The molecule has 0 amide bonds. The molecule has 0 saturated heterocycles. The van der Waals surface area contributed by atoms with Crippen LogP contribution >= 0.6 is 0 Å². The summed E-state index contributed by atoms with van der Waals surface area (Å²) in [7, 11) is 0. The molecule has 0 fully saturated rings. The van der Waals surface area contributed by atoms with Crippen LogP contribution in [-0.2, 0) is 19.1 Å². The number of ether oxygens (including phenoxy) is 2. The Morgan fingerprint density at radius 1 is 0.947 bits per heavy atom. The van der Waals surface area contributed by atoms with Crippen LogP contribution in [0.2, 0.25) is 0 Å². The summed E-state index contributed by atoms with van der Waals surface area (Å²) >= 11 is 0. The van der Waals surface area contributed by atoms with Crippen LogP contribution in [0.4, 0.5) is 0 Å². The molecular formula is C13H20N2O4. The van der Waals surface area contributed by atoms with Crippen molar-refractivity contribution in [2.45, 2.75) is 52.7 Å². The van der Waals surface area contributed by atoms with E-state index in [0.29, 0.717) is 0 Å². The lowest BCUT2D eigenvalue weighted by Crippen LogP contribution is -2.29. The van der Waals surface area contributed by atoms with Crippen LogP contribution in [0.25, 0.3) is 5.53 Å². The molecule has 6 heteroatoms. The van der Waals surface area contributed by atoms with E-state index in [-0.39, 0.29) is 5.71 Å². The van der Waals surface area contributed by atoms with E-state index in [2.05, 4.69) is 4.79 Å². The highest BCUT2D eigenvalue weighted by atomic mass is 16.6. The number of esters is 2. The Morgan fingerprint density at radius 2 is 1.42 bits per heavy atom. The predicted molar refractivity (Wildman–Crippen MR) is 69.5 cm³/mol. The fourth-order valence-electron chi connectivity index (χ4n) is 0.955. The summed E-state index contributed by atoms with van der Waals surface area (Å²) in [5, 5.41) is 0. The van der Waals surface area contributed by atoms with Crippen LogP contribution in [0.3, 0.4) is 0 Å². The molecule has 0 saturated carbocycles. The van der Waals surface area contributed by atoms with E-state index < -0.39 is 23.1 Å². The molecule has 0 aromatic heterocycles. The molecule has 0 spiro atoms. The maximum absolute atomic E-state index is 11.6. The lowest BCUT2D eigenvalue weighted by atomic mass is 10.2. The first kappa shape index (κ1) is 17.1. The van der Waals surface area contributed by atoms with Gasteiger partial charge < -0.3 is 15.0 Å². The number of nitrogens with zero attached hydrogens (tertiary/aromatic N) is 2. The third-order valence-electron chi connectivity index (χ3n) is 1.50. The first-order valence-electron chi connectivity index (χ1n) is 5.81. The van der Waals surface area contributed by atoms with E-state index in [4.69, 9.17) is 15.0 Å². The smallest absolute Gasteiger partial charge is 0.422 e. The molecule has 106 valence electrons. The van der Waals surface area contributed by atoms with E-state index in [1.54, 1.807) is 41.5 Å². The number of rotatable bonds is 3. The zero-order chi connectivity index (χ0) is 15.3. The first-order chi connectivity index (χ1) is 8.44. The van der Waals surface area contributed by atoms with Gasteiger partial charge in [-0.3, -0.25) is 0 Å². The van der Waals surface area contributed by atoms with Crippen molar-refractivity contribution in [3.05, 3.63) is 17.7 Å². The third-order valence-corrected chi connectivity index (χ3v) is 1.50. The SMILES string of the molecule is CC(C)(C)OC(=O)C=CC(=[N+]=[N-])C(=O)OC(C)(C)C. The Bertz CT molecular complexity index is 433. The van der Waals surface area contributed by atoms with Crippen LogP contribution in [-0.4, -0.2) is 33.6 Å². The molecule has 0 unspecified atom stereocenters. The quantitative estimate of drug-likeness (QED) is 0.257. The van der Waals surface area contributed by atoms with Gasteiger partial charge in [-0.05, 0) is 41.5 Å². The Morgan fingerprint density at radius 3 is 1.79 bits per heavy atom. The summed E-state index contributed by atoms with van der Waals surface area (Å²) in [6, 6.07) is 0. The van der Waals surface area contributed by atoms with E-state index >= 15 is 0 Å². The van der Waals surface area contributed by atoms with E-state index in [1.807, 2.05) is 0 Å². The van der Waals surface area contributed by atoms with E-state index in [0.717, 1.165) is 12.2 Å². The second-order valence-corrected chi connectivity index (χ2v) is 5.85. The third kappa shape index (κ3) is 8.74. The molecule has 0 aromatic carbocycles. The minimum atomic E-state index is -0.824. The van der Waals surface area contributed by atoms with Crippen LogP contribution in [0.5, 0.6) is 0 Å². The van der Waals surface area contributed by atoms with Gasteiger partial charge in [0.1, 0.15) is 11.2 Å². The molecule has 6 nitrogen and oxygen atoms in total. The van der Waals surface area contributed by atoms with E-state index in [1.165, 1.54) is 0 Å². The Balaban J connectivity index is 4.72. The van der Waals surface area contributed by atoms with Gasteiger partial charge in [0, 0.05) is 12.2 Å². The molecule has 0 aliphatic rings. The van der Waals surface area contributed by atoms with Gasteiger partial charge in [-0.25, -0.2) is 9.59 Å². The average Bonchev–Trinajstić information content (AvgIpc) is 2.12. The predicted octanol–water partition coefficient (Wildman–Crippen LogP) is 1.90. The lowest BCUT2D eigenvalue weighted by molar-refractivity contribution is -0.150. The van der Waals surface area contributed by atoms with Gasteiger partial charge in [-0.15, -0.1) is 0 Å². The molecule has 0 aromatic rings. The highest BCUT2D eigenvalue weighted by Gasteiger charge is 2.25. The molecule has 0 heterocycles. The molecule has 0 radical (unpaired) electrons. The number of hydrogen-bond donors (Lipinski definition) is 0. The van der Waals surface area contributed by atoms with Crippen molar-refractivity contribution >= 4 is 17.7 Å². The van der Waals surface area contributed by atoms with Crippen LogP contribution < -0.4 is 0 Å². The van der Waals surface area contributed by atoms with Crippen molar-refractivity contribution in [1.82, 2.24) is 0 Å². The summed E-state index contributed by atoms with van der Waals surface area (Å²) in [5.41, 5.74) is 7.00. The molecule has 0 aliphatic heterocycles. The lowest BCUT2D eigenvalue weighted by Gasteiger charge is -2.18. The Hall–Kier alpha value is -1.94. The molecular weight excluding hydrogens is 248 g/mol. The van der Waals surface area contributed by atoms with Crippen molar-refractivity contribution in [3.63, 3.8) is 0 Å². The molecule has 19 heavy (non-hydrogen) atoms. The largest absolute Gasteiger partial charge is 0.457 e. The highest BCUT2D eigenvalue weighted by Crippen LogP contribution is 2.08. The van der Waals surface area contributed by atoms with Gasteiger partial charge in [0.15, 0.2) is 0 Å². The summed E-state index contributed by atoms with van der Waals surface area (Å²) in [6.07, 6.45) is 2.05. The van der Waals surface area contributed by atoms with Crippen molar-refractivity contribution in [3.8, 4) is 0 Å². The standard InChI is InChI=1S/C13H20N2O4/c1-12(2,3)18-10(16)8-7-9(15-14)11(17)19-13(4,5)6/h7-8H,1-6H3. The topological polar surface area (TPSA) is 89.0 Å². The normalized spacial score (nSPS) is 11.9. The molecule has 0 aliphatic carbocycles. The second-order valence-electron chi connectivity index (χ2n) is 5.85. The van der Waals surface area contributed by atoms with Crippen molar-refractivity contribution in [2.24, 2.45) is 0 Å². The monoisotopic (exact) mass is 268 g/mol. The van der Waals surface area contributed by atoms with Gasteiger partial charge in [0.2, 0.25) is 0 Å². The van der Waals surface area contributed by atoms with Crippen LogP contribution in [0, 0.1) is 0 Å². The maximum Gasteiger partial charge on any atom is 0.422 e. The van der Waals surface area contributed by atoms with Gasteiger partial charge >= 0.3 is 17.7 Å². The summed E-state index contributed by atoms with van der Waals surface area (Å²) in [4.78, 5) is 25.7. The van der Waals surface area contributed by atoms with Crippen LogP contribution in [0.15, 0.2) is 12.2 Å². The Labute approximate surface area is 113 Å². The van der Waals surface area contributed by atoms with Crippen molar-refractivity contribution in [1.29, 1.82) is 0 Å². The van der Waals surface area contributed by atoms with Gasteiger partial charge in [-0.2, -0.15) is 4.79 Å². The summed E-state index contributed by atoms with van der Waals surface area (Å²) < 4.78 is 9.99. The Kier molecular flexibility index (Phi) is 5.65. The molecule has 0 rings (SSSR count). The van der Waals surface area contributed by atoms with Crippen LogP contribution in [0.1, 0.15) is 41.5 Å². The molecule has 0 N–H and O–H groups in total. The van der Waals surface area contributed by atoms with Crippen molar-refractivity contribution in [2.75, 3.05) is 0 Å². The average molecular weight is 268 g/mol. The zero-order valence-electron chi connectivity index (χ0n) is 12.2.